The molecular formula is C16H20O9. The maximum absolute atomic E-state index is 11.3. The third kappa shape index (κ3) is 5.48. The Morgan fingerprint density at radius 3 is 2.36 bits per heavy atom. The number of carbonyl (C=O) groups excluding carboxylic acids is 1. The van der Waals surface area contributed by atoms with Gasteiger partial charge >= 0.3 is 11.9 Å². The monoisotopic (exact) mass is 356 g/mol. The van der Waals surface area contributed by atoms with Gasteiger partial charge in [-0.05, 0) is 5.56 Å². The first-order valence-electron chi connectivity index (χ1n) is 7.61. The summed E-state index contributed by atoms with van der Waals surface area (Å²) in [4.78, 5) is 21.7. The van der Waals surface area contributed by atoms with Crippen LogP contribution in [0.3, 0.4) is 0 Å². The molecule has 25 heavy (non-hydrogen) atoms. The van der Waals surface area contributed by atoms with Crippen molar-refractivity contribution in [3.8, 4) is 0 Å². The summed E-state index contributed by atoms with van der Waals surface area (Å²) in [6, 6.07) is 9.04. The van der Waals surface area contributed by atoms with E-state index in [1.807, 2.05) is 6.07 Å². The fourth-order valence-corrected chi connectivity index (χ4v) is 2.29. The van der Waals surface area contributed by atoms with Crippen LogP contribution in [0, 0.1) is 0 Å². The molecule has 0 aliphatic carbocycles. The number of benzene rings is 1. The van der Waals surface area contributed by atoms with Gasteiger partial charge in [0.05, 0.1) is 6.61 Å². The van der Waals surface area contributed by atoms with E-state index in [0.29, 0.717) is 0 Å². The summed E-state index contributed by atoms with van der Waals surface area (Å²) in [6.07, 6.45) is -7.84. The molecule has 1 aliphatic heterocycles. The van der Waals surface area contributed by atoms with E-state index in [1.54, 1.807) is 24.3 Å². The van der Waals surface area contributed by atoms with E-state index < -0.39 is 55.7 Å². The molecule has 4 N–H and O–H groups in total. The van der Waals surface area contributed by atoms with Gasteiger partial charge in [0.15, 0.2) is 6.29 Å². The van der Waals surface area contributed by atoms with E-state index in [0.717, 1.165) is 5.56 Å². The molecular weight excluding hydrogens is 336 g/mol. The van der Waals surface area contributed by atoms with E-state index in [4.69, 9.17) is 19.3 Å². The van der Waals surface area contributed by atoms with Crippen LogP contribution in [0.25, 0.3) is 0 Å². The number of aliphatic hydroxyl groups excluding tert-OH is 3. The van der Waals surface area contributed by atoms with Gasteiger partial charge in [-0.1, -0.05) is 30.3 Å². The van der Waals surface area contributed by atoms with Crippen LogP contribution in [-0.4, -0.2) is 69.7 Å². The van der Waals surface area contributed by atoms with Gasteiger partial charge < -0.3 is 34.6 Å². The predicted octanol–water partition coefficient (Wildman–Crippen LogP) is -0.971. The van der Waals surface area contributed by atoms with Gasteiger partial charge in [-0.3, -0.25) is 9.59 Å². The molecule has 138 valence electrons. The van der Waals surface area contributed by atoms with E-state index in [1.165, 1.54) is 0 Å². The van der Waals surface area contributed by atoms with Crippen molar-refractivity contribution < 1.29 is 44.2 Å². The molecule has 9 heteroatoms. The molecule has 1 heterocycles. The number of aliphatic hydroxyl groups is 3. The molecule has 0 spiro atoms. The molecule has 0 radical (unpaired) electrons. The molecule has 9 nitrogen and oxygen atoms in total. The highest BCUT2D eigenvalue weighted by molar-refractivity contribution is 5.90. The second-order valence-electron chi connectivity index (χ2n) is 5.56. The highest BCUT2D eigenvalue weighted by Crippen LogP contribution is 2.23. The largest absolute Gasteiger partial charge is 0.481 e. The van der Waals surface area contributed by atoms with Crippen LogP contribution in [0.4, 0.5) is 0 Å². The van der Waals surface area contributed by atoms with Gasteiger partial charge in [0, 0.05) is 0 Å². The van der Waals surface area contributed by atoms with Crippen LogP contribution in [0.15, 0.2) is 30.3 Å². The van der Waals surface area contributed by atoms with E-state index in [-0.39, 0.29) is 6.61 Å². The molecule has 1 aromatic rings. The summed E-state index contributed by atoms with van der Waals surface area (Å²) < 4.78 is 15.5. The number of hydrogen-bond donors (Lipinski definition) is 4. The van der Waals surface area contributed by atoms with E-state index in [2.05, 4.69) is 0 Å². The van der Waals surface area contributed by atoms with Gasteiger partial charge in [0.1, 0.15) is 37.4 Å². The fourth-order valence-electron chi connectivity index (χ4n) is 2.29. The van der Waals surface area contributed by atoms with Crippen molar-refractivity contribution >= 4 is 11.9 Å². The topological polar surface area (TPSA) is 143 Å². The minimum atomic E-state index is -1.57. The Labute approximate surface area is 143 Å². The number of carboxylic acids is 1. The highest BCUT2D eigenvalue weighted by atomic mass is 16.7. The van der Waals surface area contributed by atoms with Crippen molar-refractivity contribution in [2.45, 2.75) is 43.7 Å². The SMILES string of the molecule is O=C(O)CC(=O)OC[C@H]1O[C@@H](OCc2ccccc2)[C@H](O)[C@@H](O)[C@@H]1O. The molecule has 0 amide bonds. The van der Waals surface area contributed by atoms with Crippen LogP contribution in [-0.2, 0) is 30.4 Å². The summed E-state index contributed by atoms with van der Waals surface area (Å²) in [6.45, 7) is -0.390. The lowest BCUT2D eigenvalue weighted by Crippen LogP contribution is -2.59. The normalized spacial score (nSPS) is 29.2. The lowest BCUT2D eigenvalue weighted by atomic mass is 9.99. The third-order valence-corrected chi connectivity index (χ3v) is 3.63. The number of aliphatic carboxylic acids is 1. The Balaban J connectivity index is 1.91. The molecule has 1 fully saturated rings. The Kier molecular flexibility index (Phi) is 6.85. The van der Waals surface area contributed by atoms with Crippen molar-refractivity contribution in [1.29, 1.82) is 0 Å². The minimum absolute atomic E-state index is 0.0942. The number of esters is 1. The van der Waals surface area contributed by atoms with Gasteiger partial charge in [0.25, 0.3) is 0 Å². The molecule has 0 saturated carbocycles. The van der Waals surface area contributed by atoms with Gasteiger partial charge in [-0.2, -0.15) is 0 Å². The number of carbonyl (C=O) groups is 2. The average molecular weight is 356 g/mol. The van der Waals surface area contributed by atoms with Crippen LogP contribution in [0.5, 0.6) is 0 Å². The van der Waals surface area contributed by atoms with Crippen molar-refractivity contribution in [1.82, 2.24) is 0 Å². The number of rotatable bonds is 7. The number of hydrogen-bond acceptors (Lipinski definition) is 8. The van der Waals surface area contributed by atoms with Crippen molar-refractivity contribution in [2.24, 2.45) is 0 Å². The second-order valence-corrected chi connectivity index (χ2v) is 5.56. The Hall–Kier alpha value is -2.04. The van der Waals surface area contributed by atoms with Gasteiger partial charge in [-0.25, -0.2) is 0 Å². The van der Waals surface area contributed by atoms with E-state index in [9.17, 15) is 24.9 Å². The summed E-state index contributed by atoms with van der Waals surface area (Å²) >= 11 is 0. The molecule has 1 saturated heterocycles. The van der Waals surface area contributed by atoms with Gasteiger partial charge in [0.2, 0.25) is 0 Å². The lowest BCUT2D eigenvalue weighted by molar-refractivity contribution is -0.304. The zero-order valence-corrected chi connectivity index (χ0v) is 13.2. The summed E-state index contributed by atoms with van der Waals surface area (Å²) in [5, 5.41) is 38.3. The standard InChI is InChI=1S/C16H20O9/c17-11(18)6-12(19)23-8-10-13(20)14(21)15(22)16(25-10)24-7-9-4-2-1-3-5-9/h1-5,10,13-16,20-22H,6-8H2,(H,17,18)/t10-,13-,14+,15-,16-/m1/s1. The molecule has 5 atom stereocenters. The quantitative estimate of drug-likeness (QED) is 0.358. The van der Waals surface area contributed by atoms with Crippen LogP contribution >= 0.6 is 0 Å². The van der Waals surface area contributed by atoms with Crippen molar-refractivity contribution in [3.63, 3.8) is 0 Å². The minimum Gasteiger partial charge on any atom is -0.481 e. The van der Waals surface area contributed by atoms with Crippen LogP contribution < -0.4 is 0 Å². The Morgan fingerprint density at radius 1 is 1.04 bits per heavy atom. The third-order valence-electron chi connectivity index (χ3n) is 3.63. The molecule has 1 aromatic carbocycles. The van der Waals surface area contributed by atoms with Crippen molar-refractivity contribution in [2.75, 3.05) is 6.61 Å². The summed E-state index contributed by atoms with van der Waals surface area (Å²) in [5.41, 5.74) is 0.809. The Morgan fingerprint density at radius 2 is 1.72 bits per heavy atom. The molecule has 2 rings (SSSR count). The van der Waals surface area contributed by atoms with Crippen molar-refractivity contribution in [3.05, 3.63) is 35.9 Å². The van der Waals surface area contributed by atoms with Crippen LogP contribution in [0.1, 0.15) is 12.0 Å². The number of carboxylic acid groups (broad SMARTS) is 1. The fraction of sp³-hybridized carbons (Fsp3) is 0.500. The number of ether oxygens (including phenoxy) is 3. The Bertz CT molecular complexity index is 576. The zero-order valence-electron chi connectivity index (χ0n) is 13.2. The van der Waals surface area contributed by atoms with Crippen LogP contribution in [0.2, 0.25) is 0 Å². The molecule has 1 aliphatic rings. The smallest absolute Gasteiger partial charge is 0.317 e. The second kappa shape index (κ2) is 8.88. The summed E-state index contributed by atoms with van der Waals surface area (Å²) in [5.74, 6) is -2.36. The maximum Gasteiger partial charge on any atom is 0.317 e. The zero-order chi connectivity index (χ0) is 18.4. The summed E-state index contributed by atoms with van der Waals surface area (Å²) in [7, 11) is 0. The lowest BCUT2D eigenvalue weighted by Gasteiger charge is -2.39. The first-order chi connectivity index (χ1) is 11.9. The first kappa shape index (κ1) is 19.3. The molecule has 0 aromatic heterocycles. The molecule has 0 bridgehead atoms. The maximum atomic E-state index is 11.3. The predicted molar refractivity (Wildman–Crippen MR) is 81.1 cm³/mol. The van der Waals surface area contributed by atoms with E-state index >= 15 is 0 Å². The molecule has 0 unspecified atom stereocenters. The highest BCUT2D eigenvalue weighted by Gasteiger charge is 2.44. The first-order valence-corrected chi connectivity index (χ1v) is 7.61. The average Bonchev–Trinajstić information content (AvgIpc) is 2.58. The van der Waals surface area contributed by atoms with Gasteiger partial charge in [-0.15, -0.1) is 0 Å².